The van der Waals surface area contributed by atoms with E-state index in [0.29, 0.717) is 6.54 Å². The van der Waals surface area contributed by atoms with E-state index in [4.69, 9.17) is 4.42 Å². The van der Waals surface area contributed by atoms with Gasteiger partial charge in [0.2, 0.25) is 0 Å². The number of halogens is 1. The largest absolute Gasteiger partial charge is 0.460 e. The van der Waals surface area contributed by atoms with Crippen LogP contribution in [0.1, 0.15) is 16.9 Å². The third kappa shape index (κ3) is 3.64. The summed E-state index contributed by atoms with van der Waals surface area (Å²) in [6, 6.07) is 14.3. The second-order valence-electron chi connectivity index (χ2n) is 5.18. The Kier molecular flexibility index (Phi) is 4.71. The summed E-state index contributed by atoms with van der Waals surface area (Å²) in [4.78, 5) is 4.01. The van der Waals surface area contributed by atoms with Crippen LogP contribution in [-0.4, -0.2) is 4.98 Å². The van der Waals surface area contributed by atoms with E-state index < -0.39 is 0 Å². The van der Waals surface area contributed by atoms with E-state index in [2.05, 4.69) is 45.3 Å². The zero-order chi connectivity index (χ0) is 15.4. The van der Waals surface area contributed by atoms with Crippen molar-refractivity contribution in [2.75, 3.05) is 0 Å². The second kappa shape index (κ2) is 6.90. The molecule has 4 heteroatoms. The summed E-state index contributed by atoms with van der Waals surface area (Å²) in [6.45, 7) is 3.59. The normalized spacial score (nSPS) is 10.8. The Morgan fingerprint density at radius 1 is 1.05 bits per heavy atom. The number of aryl methyl sites for hydroxylation is 1. The lowest BCUT2D eigenvalue weighted by atomic mass is 10.1. The van der Waals surface area contributed by atoms with Crippen LogP contribution in [0.15, 0.2) is 63.7 Å². The smallest absolute Gasteiger partial charge is 0.134 e. The van der Waals surface area contributed by atoms with Crippen LogP contribution in [0.25, 0.3) is 11.3 Å². The molecule has 0 amide bonds. The van der Waals surface area contributed by atoms with Crippen LogP contribution in [0.4, 0.5) is 0 Å². The first-order valence-corrected chi connectivity index (χ1v) is 7.96. The number of furan rings is 1. The Morgan fingerprint density at radius 2 is 1.86 bits per heavy atom. The van der Waals surface area contributed by atoms with Gasteiger partial charge in [-0.15, -0.1) is 0 Å². The van der Waals surface area contributed by atoms with Crippen molar-refractivity contribution in [3.8, 4) is 11.3 Å². The van der Waals surface area contributed by atoms with Gasteiger partial charge in [0.1, 0.15) is 11.5 Å². The quantitative estimate of drug-likeness (QED) is 0.719. The van der Waals surface area contributed by atoms with Crippen LogP contribution >= 0.6 is 15.9 Å². The number of aromatic nitrogens is 1. The zero-order valence-corrected chi connectivity index (χ0v) is 13.9. The minimum atomic E-state index is 0.706. The van der Waals surface area contributed by atoms with Gasteiger partial charge in [-0.1, -0.05) is 15.9 Å². The fraction of sp³-hybridized carbons (Fsp3) is 0.167. The van der Waals surface area contributed by atoms with Gasteiger partial charge in [-0.2, -0.15) is 0 Å². The number of rotatable bonds is 5. The summed E-state index contributed by atoms with van der Waals surface area (Å²) in [5.41, 5.74) is 3.54. The molecule has 1 N–H and O–H groups in total. The molecular formula is C18H17BrN2O. The predicted molar refractivity (Wildman–Crippen MR) is 91.4 cm³/mol. The van der Waals surface area contributed by atoms with Crippen LogP contribution in [0, 0.1) is 6.92 Å². The van der Waals surface area contributed by atoms with Gasteiger partial charge in [0.25, 0.3) is 0 Å². The lowest BCUT2D eigenvalue weighted by molar-refractivity contribution is 0.493. The number of nitrogens with one attached hydrogen (secondary N) is 1. The molecule has 0 atom stereocenters. The number of nitrogens with zero attached hydrogens (tertiary/aromatic N) is 1. The van der Waals surface area contributed by atoms with Crippen molar-refractivity contribution in [1.29, 1.82) is 0 Å². The van der Waals surface area contributed by atoms with E-state index in [1.54, 1.807) is 12.4 Å². The van der Waals surface area contributed by atoms with Crippen LogP contribution in [0.3, 0.4) is 0 Å². The van der Waals surface area contributed by atoms with E-state index in [1.165, 1.54) is 11.1 Å². The highest BCUT2D eigenvalue weighted by atomic mass is 79.9. The van der Waals surface area contributed by atoms with Crippen molar-refractivity contribution in [1.82, 2.24) is 10.3 Å². The fourth-order valence-electron chi connectivity index (χ4n) is 2.35. The van der Waals surface area contributed by atoms with Crippen LogP contribution in [0.2, 0.25) is 0 Å². The third-order valence-corrected chi connectivity index (χ3v) is 3.99. The van der Waals surface area contributed by atoms with E-state index in [0.717, 1.165) is 28.1 Å². The maximum atomic E-state index is 5.94. The highest BCUT2D eigenvalue weighted by Gasteiger charge is 2.07. The van der Waals surface area contributed by atoms with Crippen molar-refractivity contribution in [3.63, 3.8) is 0 Å². The number of hydrogen-bond acceptors (Lipinski definition) is 3. The molecule has 0 aliphatic heterocycles. The number of pyridine rings is 1. The average Bonchev–Trinajstić information content (AvgIpc) is 2.97. The molecule has 2 heterocycles. The van der Waals surface area contributed by atoms with E-state index in [1.807, 2.05) is 30.3 Å². The molecule has 0 fully saturated rings. The minimum Gasteiger partial charge on any atom is -0.460 e. The molecule has 0 saturated carbocycles. The molecule has 0 saturated heterocycles. The summed E-state index contributed by atoms with van der Waals surface area (Å²) in [5.74, 6) is 1.84. The maximum absolute atomic E-state index is 5.94. The van der Waals surface area contributed by atoms with Crippen molar-refractivity contribution in [2.24, 2.45) is 0 Å². The van der Waals surface area contributed by atoms with Crippen LogP contribution < -0.4 is 5.32 Å². The van der Waals surface area contributed by atoms with Crippen molar-refractivity contribution >= 4 is 15.9 Å². The average molecular weight is 357 g/mol. The minimum absolute atomic E-state index is 0.706. The van der Waals surface area contributed by atoms with Crippen LogP contribution in [0.5, 0.6) is 0 Å². The molecular weight excluding hydrogens is 340 g/mol. The standard InChI is InChI=1S/C18H17BrN2O/c1-13-10-15(19)2-4-17(13)18-5-3-16(22-18)12-21-11-14-6-8-20-9-7-14/h2-10,21H,11-12H2,1H3. The number of benzene rings is 1. The summed E-state index contributed by atoms with van der Waals surface area (Å²) in [7, 11) is 0. The first kappa shape index (κ1) is 15.0. The van der Waals surface area contributed by atoms with E-state index in [-0.39, 0.29) is 0 Å². The molecule has 1 aromatic carbocycles. The van der Waals surface area contributed by atoms with Crippen molar-refractivity contribution in [2.45, 2.75) is 20.0 Å². The van der Waals surface area contributed by atoms with Gasteiger partial charge >= 0.3 is 0 Å². The summed E-state index contributed by atoms with van der Waals surface area (Å²) >= 11 is 3.49. The molecule has 3 nitrogen and oxygen atoms in total. The maximum Gasteiger partial charge on any atom is 0.134 e. The molecule has 0 unspecified atom stereocenters. The lowest BCUT2D eigenvalue weighted by Gasteiger charge is -2.04. The van der Waals surface area contributed by atoms with Crippen molar-refractivity contribution in [3.05, 3.63) is 76.2 Å². The third-order valence-electron chi connectivity index (χ3n) is 3.49. The van der Waals surface area contributed by atoms with Gasteiger partial charge in [-0.05, 0) is 60.5 Å². The Hall–Kier alpha value is -1.91. The molecule has 0 aliphatic rings. The molecule has 0 bridgehead atoms. The van der Waals surface area contributed by atoms with E-state index in [9.17, 15) is 0 Å². The first-order chi connectivity index (χ1) is 10.7. The lowest BCUT2D eigenvalue weighted by Crippen LogP contribution is -2.11. The first-order valence-electron chi connectivity index (χ1n) is 7.17. The number of hydrogen-bond donors (Lipinski definition) is 1. The molecule has 22 heavy (non-hydrogen) atoms. The van der Waals surface area contributed by atoms with Gasteiger partial charge in [0.05, 0.1) is 6.54 Å². The summed E-state index contributed by atoms with van der Waals surface area (Å²) in [6.07, 6.45) is 3.61. The fourth-order valence-corrected chi connectivity index (χ4v) is 2.83. The summed E-state index contributed by atoms with van der Waals surface area (Å²) < 4.78 is 7.02. The molecule has 0 radical (unpaired) electrons. The zero-order valence-electron chi connectivity index (χ0n) is 12.3. The van der Waals surface area contributed by atoms with Crippen LogP contribution in [-0.2, 0) is 13.1 Å². The second-order valence-corrected chi connectivity index (χ2v) is 6.10. The predicted octanol–water partition coefficient (Wildman–Crippen LogP) is 4.70. The molecule has 112 valence electrons. The van der Waals surface area contributed by atoms with Gasteiger partial charge in [0, 0.05) is 29.0 Å². The molecule has 0 aliphatic carbocycles. The van der Waals surface area contributed by atoms with Gasteiger partial charge in [-0.25, -0.2) is 0 Å². The Balaban J connectivity index is 1.64. The Labute approximate surface area is 138 Å². The van der Waals surface area contributed by atoms with Gasteiger partial charge < -0.3 is 9.73 Å². The Bertz CT molecular complexity index is 753. The van der Waals surface area contributed by atoms with E-state index >= 15 is 0 Å². The molecule has 3 rings (SSSR count). The topological polar surface area (TPSA) is 38.1 Å². The monoisotopic (exact) mass is 356 g/mol. The van der Waals surface area contributed by atoms with Gasteiger partial charge in [0.15, 0.2) is 0 Å². The van der Waals surface area contributed by atoms with Crippen molar-refractivity contribution < 1.29 is 4.42 Å². The molecule has 0 spiro atoms. The molecule has 3 aromatic rings. The SMILES string of the molecule is Cc1cc(Br)ccc1-c1ccc(CNCc2ccncc2)o1. The van der Waals surface area contributed by atoms with Gasteiger partial charge in [-0.3, -0.25) is 4.98 Å². The highest BCUT2D eigenvalue weighted by molar-refractivity contribution is 9.10. The highest BCUT2D eigenvalue weighted by Crippen LogP contribution is 2.27. The summed E-state index contributed by atoms with van der Waals surface area (Å²) in [5, 5.41) is 3.38. The molecule has 2 aromatic heterocycles. The Morgan fingerprint density at radius 3 is 2.64 bits per heavy atom.